The van der Waals surface area contributed by atoms with Crippen LogP contribution in [0.15, 0.2) is 18.2 Å². The molecule has 0 aliphatic carbocycles. The molecule has 1 fully saturated rings. The van der Waals surface area contributed by atoms with Crippen molar-refractivity contribution >= 4 is 21.8 Å². The summed E-state index contributed by atoms with van der Waals surface area (Å²) in [6.07, 6.45) is 3.15. The second kappa shape index (κ2) is 5.61. The lowest BCUT2D eigenvalue weighted by molar-refractivity contribution is 0.0641. The molecule has 0 radical (unpaired) electrons. The number of hydrogen-bond donors (Lipinski definition) is 2. The molecule has 0 spiro atoms. The number of carbonyl (C=O) groups is 1. The molecule has 98 valence electrons. The maximum atomic E-state index is 12.3. The Morgan fingerprint density at radius 3 is 2.78 bits per heavy atom. The molecular formula is C13H16BrNO3. The quantitative estimate of drug-likeness (QED) is 0.651. The fraction of sp³-hybridized carbons (Fsp3) is 0.462. The molecule has 1 aliphatic heterocycles. The average Bonchev–Trinajstić information content (AvgIpc) is 2.41. The molecule has 1 aromatic carbocycles. The van der Waals surface area contributed by atoms with E-state index in [1.54, 1.807) is 0 Å². The number of halogens is 1. The molecule has 1 aliphatic rings. The van der Waals surface area contributed by atoms with Gasteiger partial charge in [0.1, 0.15) is 0 Å². The topological polar surface area (TPSA) is 60.8 Å². The average molecular weight is 314 g/mol. The van der Waals surface area contributed by atoms with E-state index in [1.165, 1.54) is 18.2 Å². The maximum Gasteiger partial charge on any atom is 0.254 e. The van der Waals surface area contributed by atoms with Crippen molar-refractivity contribution in [1.29, 1.82) is 0 Å². The number of piperidine rings is 1. The van der Waals surface area contributed by atoms with Gasteiger partial charge in [0.25, 0.3) is 5.91 Å². The lowest BCUT2D eigenvalue weighted by Crippen LogP contribution is -2.44. The van der Waals surface area contributed by atoms with Gasteiger partial charge in [-0.3, -0.25) is 4.79 Å². The van der Waals surface area contributed by atoms with Gasteiger partial charge in [0.2, 0.25) is 0 Å². The van der Waals surface area contributed by atoms with Crippen LogP contribution in [0.2, 0.25) is 0 Å². The van der Waals surface area contributed by atoms with Crippen LogP contribution < -0.4 is 0 Å². The first-order valence-corrected chi connectivity index (χ1v) is 7.14. The van der Waals surface area contributed by atoms with Gasteiger partial charge in [0.05, 0.1) is 0 Å². The molecule has 4 nitrogen and oxygen atoms in total. The first kappa shape index (κ1) is 13.2. The normalized spacial score (nSPS) is 19.8. The van der Waals surface area contributed by atoms with E-state index >= 15 is 0 Å². The number of hydrogen-bond acceptors (Lipinski definition) is 3. The Morgan fingerprint density at radius 2 is 2.11 bits per heavy atom. The second-order valence-electron chi connectivity index (χ2n) is 4.51. The lowest BCUT2D eigenvalue weighted by atomic mass is 10.0. The number of phenols is 2. The van der Waals surface area contributed by atoms with Crippen molar-refractivity contribution in [1.82, 2.24) is 4.90 Å². The third-order valence-corrected chi connectivity index (χ3v) is 4.04. The molecule has 2 N–H and O–H groups in total. The molecule has 0 aromatic heterocycles. The number of phenolic OH excluding ortho intramolecular Hbond substituents is 2. The molecule has 2 rings (SSSR count). The number of benzene rings is 1. The Kier molecular flexibility index (Phi) is 4.11. The van der Waals surface area contributed by atoms with Gasteiger partial charge in [-0.2, -0.15) is 0 Å². The summed E-state index contributed by atoms with van der Waals surface area (Å²) in [5.74, 6) is -0.551. The predicted molar refractivity (Wildman–Crippen MR) is 72.2 cm³/mol. The largest absolute Gasteiger partial charge is 0.504 e. The van der Waals surface area contributed by atoms with E-state index in [4.69, 9.17) is 0 Å². The van der Waals surface area contributed by atoms with Crippen molar-refractivity contribution in [3.05, 3.63) is 23.8 Å². The first-order chi connectivity index (χ1) is 8.63. The summed E-state index contributed by atoms with van der Waals surface area (Å²) in [5, 5.41) is 19.5. The molecule has 0 bridgehead atoms. The summed E-state index contributed by atoms with van der Waals surface area (Å²) < 4.78 is 0. The predicted octanol–water partition coefficient (Wildman–Crippen LogP) is 2.49. The monoisotopic (exact) mass is 313 g/mol. The summed E-state index contributed by atoms with van der Waals surface area (Å²) in [5.41, 5.74) is 0.415. The maximum absolute atomic E-state index is 12.3. The molecule has 1 unspecified atom stereocenters. The highest BCUT2D eigenvalue weighted by molar-refractivity contribution is 9.09. The molecular weight excluding hydrogens is 298 g/mol. The summed E-state index contributed by atoms with van der Waals surface area (Å²) in [4.78, 5) is 14.2. The van der Waals surface area contributed by atoms with E-state index in [2.05, 4.69) is 15.9 Å². The molecule has 5 heteroatoms. The Bertz CT molecular complexity index is 450. The number of amides is 1. The molecule has 1 aromatic rings. The van der Waals surface area contributed by atoms with Gasteiger partial charge in [-0.25, -0.2) is 0 Å². The Hall–Kier alpha value is -1.23. The Balaban J connectivity index is 2.21. The van der Waals surface area contributed by atoms with Crippen molar-refractivity contribution < 1.29 is 15.0 Å². The van der Waals surface area contributed by atoms with Crippen LogP contribution in [0.5, 0.6) is 11.5 Å². The summed E-state index contributed by atoms with van der Waals surface area (Å²) >= 11 is 3.44. The highest BCUT2D eigenvalue weighted by atomic mass is 79.9. The highest BCUT2D eigenvalue weighted by Crippen LogP contribution is 2.27. The number of aromatic hydroxyl groups is 2. The van der Waals surface area contributed by atoms with Crippen molar-refractivity contribution in [3.8, 4) is 11.5 Å². The second-order valence-corrected chi connectivity index (χ2v) is 5.15. The summed E-state index contributed by atoms with van der Waals surface area (Å²) in [6.45, 7) is 0.747. The van der Waals surface area contributed by atoms with E-state index in [9.17, 15) is 15.0 Å². The number of rotatable bonds is 2. The van der Waals surface area contributed by atoms with E-state index in [1.807, 2.05) is 4.90 Å². The number of carbonyl (C=O) groups excluding carboxylic acids is 1. The van der Waals surface area contributed by atoms with Gasteiger partial charge in [0.15, 0.2) is 11.5 Å². The van der Waals surface area contributed by atoms with Gasteiger partial charge in [0, 0.05) is 23.5 Å². The van der Waals surface area contributed by atoms with Crippen LogP contribution in [0.3, 0.4) is 0 Å². The zero-order valence-corrected chi connectivity index (χ0v) is 11.6. The number of likely N-dealkylation sites (tertiary alicyclic amines) is 1. The van der Waals surface area contributed by atoms with Crippen LogP contribution in [0.25, 0.3) is 0 Å². The minimum Gasteiger partial charge on any atom is -0.504 e. The van der Waals surface area contributed by atoms with Crippen molar-refractivity contribution in [2.45, 2.75) is 25.3 Å². The standard InChI is InChI=1S/C13H16BrNO3/c14-8-10-3-1-2-6-15(10)13(18)9-4-5-11(16)12(17)7-9/h4-5,7,10,16-17H,1-3,6,8H2. The molecule has 1 atom stereocenters. The van der Waals surface area contributed by atoms with Crippen molar-refractivity contribution in [2.24, 2.45) is 0 Å². The van der Waals surface area contributed by atoms with E-state index in [0.717, 1.165) is 31.1 Å². The van der Waals surface area contributed by atoms with Gasteiger partial charge in [-0.1, -0.05) is 15.9 Å². The van der Waals surface area contributed by atoms with Crippen molar-refractivity contribution in [2.75, 3.05) is 11.9 Å². The molecule has 1 heterocycles. The Labute approximate surface area is 114 Å². The fourth-order valence-electron chi connectivity index (χ4n) is 2.25. The number of nitrogens with zero attached hydrogens (tertiary/aromatic N) is 1. The van der Waals surface area contributed by atoms with Crippen molar-refractivity contribution in [3.63, 3.8) is 0 Å². The van der Waals surface area contributed by atoms with Gasteiger partial charge in [-0.05, 0) is 37.5 Å². The van der Waals surface area contributed by atoms with E-state index in [0.29, 0.717) is 5.56 Å². The minimum atomic E-state index is -0.256. The molecule has 0 saturated carbocycles. The van der Waals surface area contributed by atoms with Gasteiger partial charge >= 0.3 is 0 Å². The number of alkyl halides is 1. The third kappa shape index (κ3) is 2.61. The zero-order chi connectivity index (χ0) is 13.1. The van der Waals surface area contributed by atoms with Crippen LogP contribution in [-0.2, 0) is 0 Å². The van der Waals surface area contributed by atoms with Crippen LogP contribution in [0.4, 0.5) is 0 Å². The first-order valence-electron chi connectivity index (χ1n) is 6.02. The third-order valence-electron chi connectivity index (χ3n) is 3.29. The molecule has 1 saturated heterocycles. The fourth-order valence-corrected chi connectivity index (χ4v) is 2.92. The molecule has 1 amide bonds. The van der Waals surface area contributed by atoms with Crippen LogP contribution in [-0.4, -0.2) is 38.9 Å². The molecule has 18 heavy (non-hydrogen) atoms. The van der Waals surface area contributed by atoms with Gasteiger partial charge in [-0.15, -0.1) is 0 Å². The van der Waals surface area contributed by atoms with E-state index in [-0.39, 0.29) is 23.4 Å². The van der Waals surface area contributed by atoms with Crippen LogP contribution in [0, 0.1) is 0 Å². The SMILES string of the molecule is O=C(c1ccc(O)c(O)c1)N1CCCCC1CBr. The zero-order valence-electron chi connectivity index (χ0n) is 9.97. The minimum absolute atomic E-state index is 0.0885. The van der Waals surface area contributed by atoms with Crippen LogP contribution in [0.1, 0.15) is 29.6 Å². The summed E-state index contributed by atoms with van der Waals surface area (Å²) in [6, 6.07) is 4.41. The van der Waals surface area contributed by atoms with E-state index < -0.39 is 0 Å². The summed E-state index contributed by atoms with van der Waals surface area (Å²) in [7, 11) is 0. The Morgan fingerprint density at radius 1 is 1.33 bits per heavy atom. The highest BCUT2D eigenvalue weighted by Gasteiger charge is 2.26. The smallest absolute Gasteiger partial charge is 0.254 e. The van der Waals surface area contributed by atoms with Gasteiger partial charge < -0.3 is 15.1 Å². The van der Waals surface area contributed by atoms with Crippen LogP contribution >= 0.6 is 15.9 Å². The lowest BCUT2D eigenvalue weighted by Gasteiger charge is -2.34.